The van der Waals surface area contributed by atoms with Gasteiger partial charge in [0, 0.05) is 19.3 Å². The Kier molecular flexibility index (Phi) is 57.3. The Morgan fingerprint density at radius 1 is 0.292 bits per heavy atom. The molecule has 0 aromatic heterocycles. The Bertz CT molecular complexity index is 1380. The minimum absolute atomic E-state index is 0.101. The van der Waals surface area contributed by atoms with Gasteiger partial charge in [0.25, 0.3) is 0 Å². The van der Waals surface area contributed by atoms with Crippen LogP contribution in [0.3, 0.4) is 0 Å². The zero-order valence-electron chi connectivity index (χ0n) is 47.4. The van der Waals surface area contributed by atoms with Crippen LogP contribution in [0.25, 0.3) is 0 Å². The van der Waals surface area contributed by atoms with Gasteiger partial charge in [0.1, 0.15) is 13.2 Å². The first-order valence-electron chi connectivity index (χ1n) is 30.6. The topological polar surface area (TPSA) is 78.9 Å². The van der Waals surface area contributed by atoms with Gasteiger partial charge in [0.15, 0.2) is 6.10 Å². The summed E-state index contributed by atoms with van der Waals surface area (Å²) < 4.78 is 16.8. The molecule has 0 saturated carbocycles. The highest BCUT2D eigenvalue weighted by Crippen LogP contribution is 2.16. The molecule has 0 aliphatic carbocycles. The molecule has 0 amide bonds. The Balaban J connectivity index is 4.25. The summed E-state index contributed by atoms with van der Waals surface area (Å²) in [5.74, 6) is -0.964. The Morgan fingerprint density at radius 3 is 0.958 bits per heavy atom. The van der Waals surface area contributed by atoms with Crippen LogP contribution < -0.4 is 0 Å². The van der Waals surface area contributed by atoms with Crippen molar-refractivity contribution >= 4 is 17.9 Å². The van der Waals surface area contributed by atoms with Gasteiger partial charge in [0.2, 0.25) is 0 Å². The monoisotopic (exact) mass is 1000 g/mol. The molecule has 1 unspecified atom stereocenters. The van der Waals surface area contributed by atoms with Crippen molar-refractivity contribution in [3.05, 3.63) is 85.1 Å². The second-order valence-corrected chi connectivity index (χ2v) is 20.2. The van der Waals surface area contributed by atoms with E-state index in [9.17, 15) is 14.4 Å². The highest BCUT2D eigenvalue weighted by molar-refractivity contribution is 5.71. The normalized spacial score (nSPS) is 12.7. The summed E-state index contributed by atoms with van der Waals surface area (Å²) in [7, 11) is 0. The number of allylic oxidation sites excluding steroid dienone is 14. The van der Waals surface area contributed by atoms with Gasteiger partial charge in [0.05, 0.1) is 0 Å². The molecule has 0 rings (SSSR count). The molecule has 0 aromatic carbocycles. The van der Waals surface area contributed by atoms with E-state index in [0.717, 1.165) is 96.3 Å². The van der Waals surface area contributed by atoms with Crippen LogP contribution in [0.2, 0.25) is 0 Å². The lowest BCUT2D eigenvalue weighted by Gasteiger charge is -2.18. The van der Waals surface area contributed by atoms with Crippen molar-refractivity contribution in [3.8, 4) is 0 Å². The van der Waals surface area contributed by atoms with Gasteiger partial charge in [-0.05, 0) is 103 Å². The maximum Gasteiger partial charge on any atom is 0.306 e. The van der Waals surface area contributed by atoms with E-state index >= 15 is 0 Å². The van der Waals surface area contributed by atoms with Gasteiger partial charge in [-0.2, -0.15) is 0 Å². The first-order chi connectivity index (χ1) is 35.5. The predicted octanol–water partition coefficient (Wildman–Crippen LogP) is 20.7. The third-order valence-electron chi connectivity index (χ3n) is 13.1. The van der Waals surface area contributed by atoms with E-state index in [1.165, 1.54) is 154 Å². The van der Waals surface area contributed by atoms with Crippen molar-refractivity contribution in [1.82, 2.24) is 0 Å². The van der Waals surface area contributed by atoms with E-state index in [2.05, 4.69) is 106 Å². The van der Waals surface area contributed by atoms with Crippen molar-refractivity contribution in [1.29, 1.82) is 0 Å². The standard InChI is InChI=1S/C66H114O6/c1-4-7-10-13-16-19-22-24-26-28-29-30-31-32-33-34-35-36-37-39-40-42-44-47-50-53-56-59-65(68)71-62-63(61-70-64(67)58-55-52-49-46-21-18-15-12-9-6-3)72-66(69)60-57-54-51-48-45-43-41-38-27-25-23-20-17-14-11-8-5-2/h8,11-12,15,17,20,25,27-29,41,43,48,51,63H,4-7,9-10,13-14,16,18-19,21-24,26,30-40,42,44-47,49-50,52-62H2,1-3H3/b11-8-,15-12-,20-17-,27-25-,29-28-,43-41-,51-48-. The maximum atomic E-state index is 12.8. The molecule has 1 atom stereocenters. The SMILES string of the molecule is CC/C=C\C/C=C\C/C=C\C/C=C\C/C=C\CCCC(=O)OC(COC(=O)CCCCCCC/C=C\CCC)COC(=O)CCCCCCCCCCCCCCCCC/C=C\CCCCCCCCCC. The predicted molar refractivity (Wildman–Crippen MR) is 311 cm³/mol. The Morgan fingerprint density at radius 2 is 0.583 bits per heavy atom. The van der Waals surface area contributed by atoms with Crippen molar-refractivity contribution in [2.24, 2.45) is 0 Å². The number of hydrogen-bond acceptors (Lipinski definition) is 6. The van der Waals surface area contributed by atoms with Crippen LogP contribution in [-0.4, -0.2) is 37.2 Å². The van der Waals surface area contributed by atoms with E-state index < -0.39 is 6.10 Å². The molecule has 414 valence electrons. The largest absolute Gasteiger partial charge is 0.462 e. The summed E-state index contributed by atoms with van der Waals surface area (Å²) >= 11 is 0. The van der Waals surface area contributed by atoms with Gasteiger partial charge in [-0.1, -0.05) is 260 Å². The van der Waals surface area contributed by atoms with E-state index in [-0.39, 0.29) is 37.5 Å². The number of hydrogen-bond donors (Lipinski definition) is 0. The quantitative estimate of drug-likeness (QED) is 0.0261. The average molecular weight is 1000 g/mol. The van der Waals surface area contributed by atoms with E-state index in [1.54, 1.807) is 0 Å². The third-order valence-corrected chi connectivity index (χ3v) is 13.1. The molecule has 0 radical (unpaired) electrons. The molecule has 0 saturated heterocycles. The Labute approximate surface area is 445 Å². The minimum atomic E-state index is -0.809. The lowest BCUT2D eigenvalue weighted by atomic mass is 10.0. The molecule has 0 bridgehead atoms. The average Bonchev–Trinajstić information content (AvgIpc) is 3.38. The van der Waals surface area contributed by atoms with Crippen LogP contribution in [0.15, 0.2) is 85.1 Å². The fraction of sp³-hybridized carbons (Fsp3) is 0.742. The highest BCUT2D eigenvalue weighted by atomic mass is 16.6. The molecule has 0 heterocycles. The van der Waals surface area contributed by atoms with Gasteiger partial charge >= 0.3 is 17.9 Å². The molecule has 72 heavy (non-hydrogen) atoms. The summed E-state index contributed by atoms with van der Waals surface area (Å²) in [5, 5.41) is 0. The first kappa shape index (κ1) is 68.6. The molecule has 0 aromatic rings. The maximum absolute atomic E-state index is 12.8. The molecule has 6 heteroatoms. The van der Waals surface area contributed by atoms with E-state index in [1.807, 2.05) is 0 Å². The van der Waals surface area contributed by atoms with Gasteiger partial charge < -0.3 is 14.2 Å². The minimum Gasteiger partial charge on any atom is -0.462 e. The molecular weight excluding hydrogens is 889 g/mol. The summed E-state index contributed by atoms with van der Waals surface area (Å²) in [4.78, 5) is 38.1. The lowest BCUT2D eigenvalue weighted by molar-refractivity contribution is -0.167. The number of unbranched alkanes of at least 4 members (excludes halogenated alkanes) is 30. The highest BCUT2D eigenvalue weighted by Gasteiger charge is 2.19. The second kappa shape index (κ2) is 60.1. The molecule has 0 N–H and O–H groups in total. The van der Waals surface area contributed by atoms with Crippen molar-refractivity contribution < 1.29 is 28.6 Å². The van der Waals surface area contributed by atoms with Gasteiger partial charge in [-0.3, -0.25) is 14.4 Å². The molecule has 0 aliphatic heterocycles. The summed E-state index contributed by atoms with van der Waals surface area (Å²) in [6.07, 6.45) is 79.0. The second-order valence-electron chi connectivity index (χ2n) is 20.2. The molecular formula is C66H114O6. The lowest BCUT2D eigenvalue weighted by Crippen LogP contribution is -2.30. The number of carbonyl (C=O) groups excluding carboxylic acids is 3. The van der Waals surface area contributed by atoms with Crippen molar-refractivity contribution in [2.45, 2.75) is 303 Å². The van der Waals surface area contributed by atoms with Crippen LogP contribution in [0.4, 0.5) is 0 Å². The van der Waals surface area contributed by atoms with E-state index in [0.29, 0.717) is 19.3 Å². The van der Waals surface area contributed by atoms with Crippen LogP contribution >= 0.6 is 0 Å². The first-order valence-corrected chi connectivity index (χ1v) is 30.6. The van der Waals surface area contributed by atoms with Crippen LogP contribution in [0.5, 0.6) is 0 Å². The zero-order valence-corrected chi connectivity index (χ0v) is 47.4. The number of esters is 3. The van der Waals surface area contributed by atoms with Crippen molar-refractivity contribution in [2.75, 3.05) is 13.2 Å². The molecule has 0 spiro atoms. The van der Waals surface area contributed by atoms with Crippen LogP contribution in [-0.2, 0) is 28.6 Å². The van der Waals surface area contributed by atoms with Crippen LogP contribution in [0, 0.1) is 0 Å². The van der Waals surface area contributed by atoms with Gasteiger partial charge in [-0.25, -0.2) is 0 Å². The van der Waals surface area contributed by atoms with Gasteiger partial charge in [-0.15, -0.1) is 0 Å². The zero-order chi connectivity index (χ0) is 52.2. The van der Waals surface area contributed by atoms with Crippen molar-refractivity contribution in [3.63, 3.8) is 0 Å². The number of ether oxygens (including phenoxy) is 3. The third kappa shape index (κ3) is 57.5. The molecule has 0 aliphatic rings. The smallest absolute Gasteiger partial charge is 0.306 e. The molecule has 0 fully saturated rings. The number of carbonyl (C=O) groups is 3. The Hall–Kier alpha value is -3.41. The fourth-order valence-corrected chi connectivity index (χ4v) is 8.54. The van der Waals surface area contributed by atoms with Crippen LogP contribution in [0.1, 0.15) is 297 Å². The summed E-state index contributed by atoms with van der Waals surface area (Å²) in [5.41, 5.74) is 0. The fourth-order valence-electron chi connectivity index (χ4n) is 8.54. The summed E-state index contributed by atoms with van der Waals surface area (Å²) in [6, 6.07) is 0. The van der Waals surface area contributed by atoms with E-state index in [4.69, 9.17) is 14.2 Å². The number of rotatable bonds is 55. The summed E-state index contributed by atoms with van der Waals surface area (Å²) in [6.45, 7) is 6.43. The molecule has 6 nitrogen and oxygen atoms in total.